The fraction of sp³-hybridized carbons (Fsp3) is 0.923. The van der Waals surface area contributed by atoms with Crippen molar-refractivity contribution < 1.29 is 9.90 Å². The van der Waals surface area contributed by atoms with Gasteiger partial charge in [0.05, 0.1) is 12.6 Å². The van der Waals surface area contributed by atoms with Crippen molar-refractivity contribution in [3.63, 3.8) is 0 Å². The molecule has 0 spiro atoms. The number of aliphatic hydroxyl groups is 1. The maximum Gasteiger partial charge on any atom is 0.220 e. The molecule has 1 aliphatic rings. The van der Waals surface area contributed by atoms with Crippen molar-refractivity contribution in [1.82, 2.24) is 5.32 Å². The summed E-state index contributed by atoms with van der Waals surface area (Å²) in [6.45, 7) is 4.07. The number of hydrogen-bond acceptors (Lipinski definition) is 2. The molecule has 0 saturated heterocycles. The minimum Gasteiger partial charge on any atom is -0.394 e. The highest BCUT2D eigenvalue weighted by Crippen LogP contribution is 2.26. The van der Waals surface area contributed by atoms with Gasteiger partial charge in [-0.05, 0) is 24.7 Å². The van der Waals surface area contributed by atoms with Gasteiger partial charge in [0, 0.05) is 6.42 Å². The Morgan fingerprint density at radius 1 is 1.31 bits per heavy atom. The summed E-state index contributed by atoms with van der Waals surface area (Å²) in [6, 6.07) is -0.0870. The SMILES string of the molecule is CC(C)[C@@H](CO)NC(=O)CC1CCCCC1. The molecule has 0 aromatic carbocycles. The molecule has 2 N–H and O–H groups in total. The molecule has 0 unspecified atom stereocenters. The minimum absolute atomic E-state index is 0.0358. The Morgan fingerprint density at radius 3 is 2.44 bits per heavy atom. The number of nitrogens with one attached hydrogen (secondary N) is 1. The Morgan fingerprint density at radius 2 is 1.94 bits per heavy atom. The summed E-state index contributed by atoms with van der Waals surface area (Å²) < 4.78 is 0. The monoisotopic (exact) mass is 227 g/mol. The van der Waals surface area contributed by atoms with Crippen molar-refractivity contribution in [3.05, 3.63) is 0 Å². The number of carbonyl (C=O) groups excluding carboxylic acids is 1. The summed E-state index contributed by atoms with van der Waals surface area (Å²) in [5.41, 5.74) is 0. The molecule has 94 valence electrons. The third-order valence-electron chi connectivity index (χ3n) is 3.55. The summed E-state index contributed by atoms with van der Waals surface area (Å²) in [4.78, 5) is 11.8. The molecule has 3 nitrogen and oxygen atoms in total. The Labute approximate surface area is 98.6 Å². The fourth-order valence-corrected chi connectivity index (χ4v) is 2.34. The van der Waals surface area contributed by atoms with Gasteiger partial charge in [0.2, 0.25) is 5.91 Å². The number of carbonyl (C=O) groups is 1. The van der Waals surface area contributed by atoms with Gasteiger partial charge in [-0.15, -0.1) is 0 Å². The fourth-order valence-electron chi connectivity index (χ4n) is 2.34. The first kappa shape index (κ1) is 13.5. The molecule has 1 atom stereocenters. The van der Waals surface area contributed by atoms with E-state index < -0.39 is 0 Å². The molecule has 1 rings (SSSR count). The number of aliphatic hydroxyl groups excluding tert-OH is 1. The van der Waals surface area contributed by atoms with Crippen molar-refractivity contribution in [2.75, 3.05) is 6.61 Å². The molecule has 0 radical (unpaired) electrons. The van der Waals surface area contributed by atoms with Crippen molar-refractivity contribution in [1.29, 1.82) is 0 Å². The van der Waals surface area contributed by atoms with E-state index in [0.29, 0.717) is 18.3 Å². The third-order valence-corrected chi connectivity index (χ3v) is 3.55. The van der Waals surface area contributed by atoms with Gasteiger partial charge in [-0.1, -0.05) is 33.1 Å². The molecule has 1 saturated carbocycles. The van der Waals surface area contributed by atoms with E-state index in [1.165, 1.54) is 32.1 Å². The van der Waals surface area contributed by atoms with Gasteiger partial charge in [0.15, 0.2) is 0 Å². The van der Waals surface area contributed by atoms with E-state index >= 15 is 0 Å². The zero-order valence-corrected chi connectivity index (χ0v) is 10.5. The Kier molecular flexibility index (Phi) is 5.81. The second-order valence-corrected chi connectivity index (χ2v) is 5.31. The highest BCUT2D eigenvalue weighted by Gasteiger charge is 2.20. The topological polar surface area (TPSA) is 49.3 Å². The summed E-state index contributed by atoms with van der Waals surface area (Å²) >= 11 is 0. The first-order valence-corrected chi connectivity index (χ1v) is 6.53. The van der Waals surface area contributed by atoms with Crippen molar-refractivity contribution in [3.8, 4) is 0 Å². The lowest BCUT2D eigenvalue weighted by molar-refractivity contribution is -0.123. The second-order valence-electron chi connectivity index (χ2n) is 5.31. The van der Waals surface area contributed by atoms with E-state index in [4.69, 9.17) is 5.11 Å². The number of amides is 1. The molecule has 1 aliphatic carbocycles. The lowest BCUT2D eigenvalue weighted by atomic mass is 9.86. The zero-order valence-electron chi connectivity index (χ0n) is 10.5. The van der Waals surface area contributed by atoms with Gasteiger partial charge in [0.25, 0.3) is 0 Å². The number of rotatable bonds is 5. The predicted octanol–water partition coefficient (Wildman–Crippen LogP) is 2.09. The first-order chi connectivity index (χ1) is 7.63. The Hall–Kier alpha value is -0.570. The van der Waals surface area contributed by atoms with Crippen LogP contribution in [0.5, 0.6) is 0 Å². The van der Waals surface area contributed by atoms with Crippen LogP contribution in [0, 0.1) is 11.8 Å². The first-order valence-electron chi connectivity index (χ1n) is 6.53. The third kappa shape index (κ3) is 4.52. The molecule has 0 aromatic rings. The van der Waals surface area contributed by atoms with Crippen molar-refractivity contribution >= 4 is 5.91 Å². The molecule has 0 aromatic heterocycles. The van der Waals surface area contributed by atoms with Crippen molar-refractivity contribution in [2.24, 2.45) is 11.8 Å². The largest absolute Gasteiger partial charge is 0.394 e. The normalized spacial score (nSPS) is 19.8. The van der Waals surface area contributed by atoms with Crippen LogP contribution >= 0.6 is 0 Å². The summed E-state index contributed by atoms with van der Waals surface area (Å²) in [7, 11) is 0. The average molecular weight is 227 g/mol. The van der Waals surface area contributed by atoms with E-state index in [9.17, 15) is 4.79 Å². The van der Waals surface area contributed by atoms with Crippen LogP contribution in [-0.2, 0) is 4.79 Å². The van der Waals surface area contributed by atoms with Crippen LogP contribution in [0.2, 0.25) is 0 Å². The summed E-state index contributed by atoms with van der Waals surface area (Å²) in [6.07, 6.45) is 6.89. The van der Waals surface area contributed by atoms with Gasteiger partial charge in [0.1, 0.15) is 0 Å². The van der Waals surface area contributed by atoms with Gasteiger partial charge in [-0.3, -0.25) is 4.79 Å². The summed E-state index contributed by atoms with van der Waals surface area (Å²) in [5.74, 6) is 0.972. The molecular formula is C13H25NO2. The van der Waals surface area contributed by atoms with Crippen LogP contribution in [0.25, 0.3) is 0 Å². The standard InChI is InChI=1S/C13H25NO2/c1-10(2)12(9-15)14-13(16)8-11-6-4-3-5-7-11/h10-12,15H,3-9H2,1-2H3,(H,14,16)/t12-/m1/s1. The van der Waals surface area contributed by atoms with Gasteiger partial charge in [-0.2, -0.15) is 0 Å². The van der Waals surface area contributed by atoms with Crippen LogP contribution in [0.1, 0.15) is 52.4 Å². The van der Waals surface area contributed by atoms with Crippen LogP contribution in [0.15, 0.2) is 0 Å². The number of hydrogen-bond donors (Lipinski definition) is 2. The second kappa shape index (κ2) is 6.89. The van der Waals surface area contributed by atoms with E-state index in [1.54, 1.807) is 0 Å². The highest BCUT2D eigenvalue weighted by atomic mass is 16.3. The quantitative estimate of drug-likeness (QED) is 0.755. The molecule has 16 heavy (non-hydrogen) atoms. The Bertz CT molecular complexity index is 210. The van der Waals surface area contributed by atoms with Crippen LogP contribution in [0.3, 0.4) is 0 Å². The minimum atomic E-state index is -0.0870. The van der Waals surface area contributed by atoms with Gasteiger partial charge >= 0.3 is 0 Å². The van der Waals surface area contributed by atoms with Crippen molar-refractivity contribution in [2.45, 2.75) is 58.4 Å². The van der Waals surface area contributed by atoms with E-state index in [2.05, 4.69) is 5.32 Å². The molecule has 0 aliphatic heterocycles. The maximum absolute atomic E-state index is 11.8. The van der Waals surface area contributed by atoms with Gasteiger partial charge in [-0.25, -0.2) is 0 Å². The van der Waals surface area contributed by atoms with Crippen LogP contribution in [0.4, 0.5) is 0 Å². The summed E-state index contributed by atoms with van der Waals surface area (Å²) in [5, 5.41) is 12.1. The molecule has 1 amide bonds. The van der Waals surface area contributed by atoms with E-state index in [1.807, 2.05) is 13.8 Å². The van der Waals surface area contributed by atoms with Crippen LogP contribution in [-0.4, -0.2) is 23.7 Å². The highest BCUT2D eigenvalue weighted by molar-refractivity contribution is 5.76. The van der Waals surface area contributed by atoms with E-state index in [-0.39, 0.29) is 18.6 Å². The average Bonchev–Trinajstić information content (AvgIpc) is 2.27. The molecule has 0 heterocycles. The molecular weight excluding hydrogens is 202 g/mol. The molecule has 3 heteroatoms. The smallest absolute Gasteiger partial charge is 0.220 e. The lowest BCUT2D eigenvalue weighted by Crippen LogP contribution is -2.41. The zero-order chi connectivity index (χ0) is 12.0. The van der Waals surface area contributed by atoms with Crippen LogP contribution < -0.4 is 5.32 Å². The maximum atomic E-state index is 11.8. The lowest BCUT2D eigenvalue weighted by Gasteiger charge is -2.24. The molecule has 0 bridgehead atoms. The Balaban J connectivity index is 2.28. The molecule has 1 fully saturated rings. The van der Waals surface area contributed by atoms with E-state index in [0.717, 1.165) is 0 Å². The van der Waals surface area contributed by atoms with Gasteiger partial charge < -0.3 is 10.4 Å². The predicted molar refractivity (Wildman–Crippen MR) is 65.0 cm³/mol.